The summed E-state index contributed by atoms with van der Waals surface area (Å²) >= 11 is 0. The highest BCUT2D eigenvalue weighted by Gasteiger charge is 2.17. The molecule has 3 aromatic carbocycles. The van der Waals surface area contributed by atoms with Crippen molar-refractivity contribution in [3.63, 3.8) is 0 Å². The Morgan fingerprint density at radius 1 is 0.706 bits per heavy atom. The number of carbonyl (C=O) groups is 2. The smallest absolute Gasteiger partial charge is 0.255 e. The number of benzene rings is 3. The second kappa shape index (κ2) is 11.9. The number of carbonyl (C=O) groups excluding carboxylic acids is 2. The van der Waals surface area contributed by atoms with Crippen LogP contribution in [0.4, 0.5) is 5.69 Å². The average molecular weight is 459 g/mol. The highest BCUT2D eigenvalue weighted by Crippen LogP contribution is 2.19. The Morgan fingerprint density at radius 3 is 2.12 bits per heavy atom. The third-order valence-electron chi connectivity index (χ3n) is 5.78. The fourth-order valence-electron chi connectivity index (χ4n) is 4.02. The molecule has 6 heteroatoms. The van der Waals surface area contributed by atoms with Gasteiger partial charge in [0.25, 0.3) is 11.8 Å². The molecule has 0 aromatic heterocycles. The summed E-state index contributed by atoms with van der Waals surface area (Å²) in [6.07, 6.45) is 5.60. The van der Waals surface area contributed by atoms with Gasteiger partial charge in [-0.25, -0.2) is 0 Å². The topological polar surface area (TPSA) is 76.7 Å². The zero-order chi connectivity index (χ0) is 23.6. The van der Waals surface area contributed by atoms with E-state index in [2.05, 4.69) is 10.6 Å². The van der Waals surface area contributed by atoms with E-state index in [0.29, 0.717) is 35.8 Å². The number of nitrogens with one attached hydrogen (secondary N) is 2. The summed E-state index contributed by atoms with van der Waals surface area (Å²) < 4.78 is 11.4. The van der Waals surface area contributed by atoms with Crippen molar-refractivity contribution >= 4 is 17.5 Å². The molecule has 1 aliphatic carbocycles. The van der Waals surface area contributed by atoms with Crippen molar-refractivity contribution in [3.05, 3.63) is 90.0 Å². The van der Waals surface area contributed by atoms with Gasteiger partial charge in [0.2, 0.25) is 0 Å². The molecule has 1 aliphatic rings. The molecule has 3 aromatic rings. The summed E-state index contributed by atoms with van der Waals surface area (Å²) in [7, 11) is 0. The van der Waals surface area contributed by atoms with Crippen molar-refractivity contribution in [2.45, 2.75) is 38.1 Å². The van der Waals surface area contributed by atoms with Gasteiger partial charge in [-0.1, -0.05) is 49.6 Å². The molecule has 0 spiro atoms. The Kier molecular flexibility index (Phi) is 8.17. The fraction of sp³-hybridized carbons (Fsp3) is 0.286. The summed E-state index contributed by atoms with van der Waals surface area (Å²) in [5, 5.41) is 5.99. The predicted molar refractivity (Wildman–Crippen MR) is 133 cm³/mol. The Morgan fingerprint density at radius 2 is 1.35 bits per heavy atom. The average Bonchev–Trinajstić information content (AvgIpc) is 2.88. The van der Waals surface area contributed by atoms with E-state index in [1.165, 1.54) is 6.42 Å². The van der Waals surface area contributed by atoms with E-state index in [1.54, 1.807) is 48.5 Å². The largest absolute Gasteiger partial charge is 0.490 e. The van der Waals surface area contributed by atoms with Gasteiger partial charge in [-0.3, -0.25) is 9.59 Å². The van der Waals surface area contributed by atoms with Crippen LogP contribution in [0.1, 0.15) is 52.8 Å². The first-order chi connectivity index (χ1) is 16.7. The monoisotopic (exact) mass is 458 g/mol. The maximum Gasteiger partial charge on any atom is 0.255 e. The molecule has 0 aliphatic heterocycles. The lowest BCUT2D eigenvalue weighted by molar-refractivity contribution is 0.0926. The van der Waals surface area contributed by atoms with Gasteiger partial charge in [-0.2, -0.15) is 0 Å². The van der Waals surface area contributed by atoms with E-state index in [9.17, 15) is 9.59 Å². The lowest BCUT2D eigenvalue weighted by Gasteiger charge is -2.22. The van der Waals surface area contributed by atoms with Gasteiger partial charge in [0.05, 0.1) is 0 Å². The summed E-state index contributed by atoms with van der Waals surface area (Å²) in [5.74, 6) is 1.01. The van der Waals surface area contributed by atoms with E-state index in [-0.39, 0.29) is 17.9 Å². The SMILES string of the molecule is O=C(Nc1cccc(C(=O)NC2CCCCC2)c1)c1cccc(OCCOc2ccccc2)c1. The molecule has 0 unspecified atom stereocenters. The van der Waals surface area contributed by atoms with Crippen molar-refractivity contribution in [2.75, 3.05) is 18.5 Å². The van der Waals surface area contributed by atoms with Gasteiger partial charge in [0.15, 0.2) is 0 Å². The van der Waals surface area contributed by atoms with Gasteiger partial charge in [-0.15, -0.1) is 0 Å². The van der Waals surface area contributed by atoms with Crippen LogP contribution in [0.5, 0.6) is 11.5 Å². The van der Waals surface area contributed by atoms with Crippen LogP contribution in [-0.4, -0.2) is 31.1 Å². The lowest BCUT2D eigenvalue weighted by Crippen LogP contribution is -2.36. The van der Waals surface area contributed by atoms with E-state index in [4.69, 9.17) is 9.47 Å². The van der Waals surface area contributed by atoms with Crippen LogP contribution in [-0.2, 0) is 0 Å². The Labute approximate surface area is 200 Å². The summed E-state index contributed by atoms with van der Waals surface area (Å²) in [6, 6.07) is 23.8. The highest BCUT2D eigenvalue weighted by molar-refractivity contribution is 6.05. The zero-order valence-electron chi connectivity index (χ0n) is 19.2. The Bertz CT molecular complexity index is 1090. The molecule has 0 saturated heterocycles. The van der Waals surface area contributed by atoms with Crippen molar-refractivity contribution in [1.82, 2.24) is 5.32 Å². The second-order valence-corrected chi connectivity index (χ2v) is 8.38. The minimum Gasteiger partial charge on any atom is -0.490 e. The molecule has 4 rings (SSSR count). The summed E-state index contributed by atoms with van der Waals surface area (Å²) in [4.78, 5) is 25.4. The van der Waals surface area contributed by atoms with Crippen molar-refractivity contribution in [2.24, 2.45) is 0 Å². The highest BCUT2D eigenvalue weighted by atomic mass is 16.5. The van der Waals surface area contributed by atoms with E-state index < -0.39 is 0 Å². The normalized spacial score (nSPS) is 13.6. The van der Waals surface area contributed by atoms with E-state index in [0.717, 1.165) is 31.4 Å². The van der Waals surface area contributed by atoms with Crippen molar-refractivity contribution in [3.8, 4) is 11.5 Å². The van der Waals surface area contributed by atoms with Gasteiger partial charge in [-0.05, 0) is 61.4 Å². The third kappa shape index (κ3) is 6.85. The predicted octanol–water partition coefficient (Wildman–Crippen LogP) is 5.46. The maximum atomic E-state index is 12.8. The molecular weight excluding hydrogens is 428 g/mol. The first-order valence-electron chi connectivity index (χ1n) is 11.8. The zero-order valence-corrected chi connectivity index (χ0v) is 19.2. The van der Waals surface area contributed by atoms with Crippen LogP contribution < -0.4 is 20.1 Å². The van der Waals surface area contributed by atoms with Crippen LogP contribution in [0.15, 0.2) is 78.9 Å². The molecule has 34 heavy (non-hydrogen) atoms. The lowest BCUT2D eigenvalue weighted by atomic mass is 9.95. The molecule has 2 amide bonds. The molecule has 0 atom stereocenters. The number of ether oxygens (including phenoxy) is 2. The maximum absolute atomic E-state index is 12.8. The minimum absolute atomic E-state index is 0.101. The van der Waals surface area contributed by atoms with E-state index >= 15 is 0 Å². The minimum atomic E-state index is -0.268. The molecular formula is C28H30N2O4. The number of rotatable bonds is 9. The summed E-state index contributed by atoms with van der Waals surface area (Å²) in [5.41, 5.74) is 1.58. The van der Waals surface area contributed by atoms with Gasteiger partial charge in [0.1, 0.15) is 24.7 Å². The summed E-state index contributed by atoms with van der Waals surface area (Å²) in [6.45, 7) is 0.758. The molecule has 0 radical (unpaired) electrons. The number of anilines is 1. The Balaban J connectivity index is 1.30. The van der Waals surface area contributed by atoms with Crippen LogP contribution in [0.25, 0.3) is 0 Å². The third-order valence-corrected chi connectivity index (χ3v) is 5.78. The van der Waals surface area contributed by atoms with Gasteiger partial charge < -0.3 is 20.1 Å². The van der Waals surface area contributed by atoms with Crippen molar-refractivity contribution in [1.29, 1.82) is 0 Å². The Hall–Kier alpha value is -3.80. The van der Waals surface area contributed by atoms with Gasteiger partial charge >= 0.3 is 0 Å². The number of para-hydroxylation sites is 1. The number of hydrogen-bond donors (Lipinski definition) is 2. The van der Waals surface area contributed by atoms with Crippen molar-refractivity contribution < 1.29 is 19.1 Å². The first-order valence-corrected chi connectivity index (χ1v) is 11.8. The number of hydrogen-bond acceptors (Lipinski definition) is 4. The fourth-order valence-corrected chi connectivity index (χ4v) is 4.02. The van der Waals surface area contributed by atoms with Gasteiger partial charge in [0, 0.05) is 22.9 Å². The molecule has 176 valence electrons. The number of amides is 2. The molecule has 0 heterocycles. The van der Waals surface area contributed by atoms with Crippen LogP contribution in [0.2, 0.25) is 0 Å². The molecule has 0 bridgehead atoms. The van der Waals surface area contributed by atoms with Crippen LogP contribution in [0.3, 0.4) is 0 Å². The second-order valence-electron chi connectivity index (χ2n) is 8.38. The van der Waals surface area contributed by atoms with Crippen LogP contribution in [0, 0.1) is 0 Å². The quantitative estimate of drug-likeness (QED) is 0.418. The standard InChI is InChI=1S/C28H30N2O4/c31-27(29-23-11-3-1-4-12-23)21-9-7-13-24(19-21)30-28(32)22-10-8-16-26(20-22)34-18-17-33-25-14-5-2-6-15-25/h2,5-10,13-16,19-20,23H,1,3-4,11-12,17-18H2,(H,29,31)(H,30,32). The molecule has 6 nitrogen and oxygen atoms in total. The first kappa shape index (κ1) is 23.4. The van der Waals surface area contributed by atoms with Crippen LogP contribution >= 0.6 is 0 Å². The van der Waals surface area contributed by atoms with E-state index in [1.807, 2.05) is 30.3 Å². The molecule has 2 N–H and O–H groups in total. The molecule has 1 saturated carbocycles. The molecule has 1 fully saturated rings.